The summed E-state index contributed by atoms with van der Waals surface area (Å²) in [6.07, 6.45) is 1.94. The summed E-state index contributed by atoms with van der Waals surface area (Å²) < 4.78 is 0. The van der Waals surface area contributed by atoms with Crippen molar-refractivity contribution in [2.45, 2.75) is 26.7 Å². The van der Waals surface area contributed by atoms with Gasteiger partial charge in [-0.25, -0.2) is 0 Å². The molecule has 0 saturated heterocycles. The zero-order valence-corrected chi connectivity index (χ0v) is 12.9. The maximum atomic E-state index is 12.6. The smallest absolute Gasteiger partial charge is 0.254 e. The molecule has 0 aliphatic heterocycles. The van der Waals surface area contributed by atoms with Gasteiger partial charge in [-0.1, -0.05) is 31.3 Å². The maximum absolute atomic E-state index is 12.6. The molecule has 0 aliphatic rings. The van der Waals surface area contributed by atoms with Crippen molar-refractivity contribution < 1.29 is 9.90 Å². The van der Waals surface area contributed by atoms with Crippen molar-refractivity contribution in [3.8, 4) is 11.8 Å². The third-order valence-corrected chi connectivity index (χ3v) is 3.33. The zero-order chi connectivity index (χ0) is 15.7. The Kier molecular flexibility index (Phi) is 7.52. The molecule has 0 atom stereocenters. The normalized spacial score (nSPS) is 9.90. The first-order chi connectivity index (χ1) is 10.2. The van der Waals surface area contributed by atoms with E-state index in [-0.39, 0.29) is 12.5 Å². The Morgan fingerprint density at radius 2 is 2.14 bits per heavy atom. The highest BCUT2D eigenvalue weighted by Gasteiger charge is 2.17. The van der Waals surface area contributed by atoms with Crippen LogP contribution in [0.1, 0.15) is 41.3 Å². The van der Waals surface area contributed by atoms with Crippen LogP contribution in [0.25, 0.3) is 0 Å². The molecule has 0 radical (unpaired) electrons. The largest absolute Gasteiger partial charge is 0.395 e. The molecule has 0 saturated carbocycles. The monoisotopic (exact) mass is 288 g/mol. The van der Waals surface area contributed by atoms with Crippen LogP contribution in [0, 0.1) is 18.8 Å². The van der Waals surface area contributed by atoms with E-state index in [1.54, 1.807) is 4.90 Å². The van der Waals surface area contributed by atoms with Gasteiger partial charge in [0.25, 0.3) is 5.91 Å². The van der Waals surface area contributed by atoms with Crippen LogP contribution in [0.3, 0.4) is 0 Å². The predicted molar refractivity (Wildman–Crippen MR) is 85.0 cm³/mol. The summed E-state index contributed by atoms with van der Waals surface area (Å²) >= 11 is 0. The number of carbonyl (C=O) groups is 1. The molecule has 1 aromatic rings. The molecule has 0 bridgehead atoms. The molecule has 0 heterocycles. The van der Waals surface area contributed by atoms with E-state index in [9.17, 15) is 4.79 Å². The highest BCUT2D eigenvalue weighted by Crippen LogP contribution is 2.15. The molecule has 114 valence electrons. The summed E-state index contributed by atoms with van der Waals surface area (Å²) in [7, 11) is 0. The fourth-order valence-electron chi connectivity index (χ4n) is 2.10. The molecule has 1 amide bonds. The van der Waals surface area contributed by atoms with Crippen molar-refractivity contribution in [1.29, 1.82) is 0 Å². The number of carbonyl (C=O) groups excluding carboxylic acids is 1. The number of benzene rings is 1. The van der Waals surface area contributed by atoms with Crippen LogP contribution in [-0.4, -0.2) is 42.2 Å². The van der Waals surface area contributed by atoms with Gasteiger partial charge < -0.3 is 15.7 Å². The number of rotatable bonds is 6. The van der Waals surface area contributed by atoms with Crippen molar-refractivity contribution >= 4 is 5.91 Å². The second-order valence-electron chi connectivity index (χ2n) is 4.85. The van der Waals surface area contributed by atoms with Crippen molar-refractivity contribution in [3.63, 3.8) is 0 Å². The van der Waals surface area contributed by atoms with Gasteiger partial charge >= 0.3 is 0 Å². The van der Waals surface area contributed by atoms with Gasteiger partial charge in [0.1, 0.15) is 0 Å². The Morgan fingerprint density at radius 3 is 2.76 bits per heavy atom. The highest BCUT2D eigenvalue weighted by atomic mass is 16.3. The molecule has 1 rings (SSSR count). The molecule has 21 heavy (non-hydrogen) atoms. The van der Waals surface area contributed by atoms with E-state index in [0.29, 0.717) is 25.2 Å². The molecule has 0 unspecified atom stereocenters. The fraction of sp³-hybridized carbons (Fsp3) is 0.471. The number of aliphatic hydroxyl groups excluding tert-OH is 1. The molecule has 0 fully saturated rings. The minimum atomic E-state index is -0.0496. The first kappa shape index (κ1) is 17.2. The molecular formula is C17H24N2O2. The second kappa shape index (κ2) is 9.17. The standard InChI is InChI=1S/C17H24N2O2/c1-3-4-11-19(12-13-20)17(21)16-9-5-7-15(14(16)2)8-6-10-18/h5,7,9,20H,3-4,10-13,18H2,1-2H3. The summed E-state index contributed by atoms with van der Waals surface area (Å²) in [5, 5.41) is 9.14. The average molecular weight is 288 g/mol. The van der Waals surface area contributed by atoms with Gasteiger partial charge in [0.05, 0.1) is 13.2 Å². The van der Waals surface area contributed by atoms with E-state index in [4.69, 9.17) is 10.8 Å². The van der Waals surface area contributed by atoms with E-state index in [1.165, 1.54) is 0 Å². The van der Waals surface area contributed by atoms with Crippen molar-refractivity contribution in [2.75, 3.05) is 26.2 Å². The van der Waals surface area contributed by atoms with Gasteiger partial charge in [0.2, 0.25) is 0 Å². The topological polar surface area (TPSA) is 66.6 Å². The molecule has 1 aromatic carbocycles. The number of amides is 1. The summed E-state index contributed by atoms with van der Waals surface area (Å²) in [6.45, 7) is 5.26. The van der Waals surface area contributed by atoms with Gasteiger partial charge in [-0.15, -0.1) is 0 Å². The van der Waals surface area contributed by atoms with Crippen LogP contribution in [0.5, 0.6) is 0 Å². The molecular weight excluding hydrogens is 264 g/mol. The number of unbranched alkanes of at least 4 members (excludes halogenated alkanes) is 1. The minimum Gasteiger partial charge on any atom is -0.395 e. The van der Waals surface area contributed by atoms with Crippen LogP contribution in [-0.2, 0) is 0 Å². The lowest BCUT2D eigenvalue weighted by atomic mass is 10.0. The SMILES string of the molecule is CCCCN(CCO)C(=O)c1cccc(C#CCN)c1C. The Hall–Kier alpha value is -1.83. The Labute approximate surface area is 127 Å². The van der Waals surface area contributed by atoms with E-state index in [0.717, 1.165) is 24.0 Å². The van der Waals surface area contributed by atoms with E-state index < -0.39 is 0 Å². The molecule has 0 spiro atoms. The number of nitrogens with zero attached hydrogens (tertiary/aromatic N) is 1. The van der Waals surface area contributed by atoms with Crippen molar-refractivity contribution in [3.05, 3.63) is 34.9 Å². The van der Waals surface area contributed by atoms with Gasteiger partial charge in [-0.2, -0.15) is 0 Å². The summed E-state index contributed by atoms with van der Waals surface area (Å²) in [6, 6.07) is 5.52. The van der Waals surface area contributed by atoms with E-state index in [2.05, 4.69) is 18.8 Å². The Morgan fingerprint density at radius 1 is 1.38 bits per heavy atom. The minimum absolute atomic E-state index is 0.0266. The van der Waals surface area contributed by atoms with Gasteiger partial charge in [-0.3, -0.25) is 4.79 Å². The predicted octanol–water partition coefficient (Wildman–Crippen LogP) is 1.54. The lowest BCUT2D eigenvalue weighted by Crippen LogP contribution is -2.35. The van der Waals surface area contributed by atoms with Gasteiger partial charge in [-0.05, 0) is 31.0 Å². The van der Waals surface area contributed by atoms with Crippen LogP contribution in [0.15, 0.2) is 18.2 Å². The molecule has 0 aromatic heterocycles. The summed E-state index contributed by atoms with van der Waals surface area (Å²) in [5.41, 5.74) is 7.72. The summed E-state index contributed by atoms with van der Waals surface area (Å²) in [5.74, 6) is 5.75. The fourth-order valence-corrected chi connectivity index (χ4v) is 2.10. The van der Waals surface area contributed by atoms with E-state index in [1.807, 2.05) is 25.1 Å². The quantitative estimate of drug-likeness (QED) is 0.780. The van der Waals surface area contributed by atoms with Crippen LogP contribution >= 0.6 is 0 Å². The second-order valence-corrected chi connectivity index (χ2v) is 4.85. The van der Waals surface area contributed by atoms with Crippen LogP contribution in [0.4, 0.5) is 0 Å². The highest BCUT2D eigenvalue weighted by molar-refractivity contribution is 5.96. The Bertz CT molecular complexity index is 529. The lowest BCUT2D eigenvalue weighted by molar-refractivity contribution is 0.0718. The van der Waals surface area contributed by atoms with E-state index >= 15 is 0 Å². The number of nitrogens with two attached hydrogens (primary N) is 1. The first-order valence-corrected chi connectivity index (χ1v) is 7.34. The number of aliphatic hydroxyl groups is 1. The molecule has 3 N–H and O–H groups in total. The molecule has 0 aliphatic carbocycles. The Balaban J connectivity index is 3.04. The van der Waals surface area contributed by atoms with Crippen molar-refractivity contribution in [2.24, 2.45) is 5.73 Å². The average Bonchev–Trinajstić information content (AvgIpc) is 2.50. The maximum Gasteiger partial charge on any atom is 0.254 e. The lowest BCUT2D eigenvalue weighted by Gasteiger charge is -2.22. The molecule has 4 heteroatoms. The number of hydrogen-bond donors (Lipinski definition) is 2. The van der Waals surface area contributed by atoms with Gasteiger partial charge in [0, 0.05) is 24.2 Å². The number of hydrogen-bond acceptors (Lipinski definition) is 3. The molecule has 4 nitrogen and oxygen atoms in total. The third-order valence-electron chi connectivity index (χ3n) is 3.33. The zero-order valence-electron chi connectivity index (χ0n) is 12.9. The van der Waals surface area contributed by atoms with Gasteiger partial charge in [0.15, 0.2) is 0 Å². The first-order valence-electron chi connectivity index (χ1n) is 7.34. The van der Waals surface area contributed by atoms with Crippen LogP contribution < -0.4 is 5.73 Å². The van der Waals surface area contributed by atoms with Crippen LogP contribution in [0.2, 0.25) is 0 Å². The van der Waals surface area contributed by atoms with Crippen molar-refractivity contribution in [1.82, 2.24) is 4.90 Å². The summed E-state index contributed by atoms with van der Waals surface area (Å²) in [4.78, 5) is 14.3. The third kappa shape index (κ3) is 4.89.